The normalized spacial score (nSPS) is 26.3. The van der Waals surface area contributed by atoms with E-state index in [-0.39, 0.29) is 24.1 Å². The van der Waals surface area contributed by atoms with Gasteiger partial charge in [-0.3, -0.25) is 24.6 Å². The summed E-state index contributed by atoms with van der Waals surface area (Å²) in [5.41, 5.74) is 2.85. The standard InChI is InChI=1S/C24H32N4O3/c29-22-4-3-21(23(30)26-22)28-15-19-2-1-16(13-20(19)24(28)31)14-27-11-7-18(8-12-27)17-5-9-25-10-6-17/h1-2,13,17-18,21,25H,3-12,14-15H2,(H,26,29,30). The summed E-state index contributed by atoms with van der Waals surface area (Å²) in [5.74, 6) is 1.06. The average Bonchev–Trinajstić information content (AvgIpc) is 3.11. The van der Waals surface area contributed by atoms with Crippen LogP contribution in [0.4, 0.5) is 0 Å². The van der Waals surface area contributed by atoms with Crippen LogP contribution in [0.25, 0.3) is 0 Å². The van der Waals surface area contributed by atoms with Gasteiger partial charge in [0.25, 0.3) is 5.91 Å². The second-order valence-corrected chi connectivity index (χ2v) is 9.59. The molecule has 3 saturated heterocycles. The second-order valence-electron chi connectivity index (χ2n) is 9.59. The van der Waals surface area contributed by atoms with Crippen LogP contribution in [-0.4, -0.2) is 59.7 Å². The summed E-state index contributed by atoms with van der Waals surface area (Å²) in [5, 5.41) is 5.83. The van der Waals surface area contributed by atoms with Crippen molar-refractivity contribution in [3.05, 3.63) is 34.9 Å². The van der Waals surface area contributed by atoms with E-state index in [1.165, 1.54) is 38.8 Å². The van der Waals surface area contributed by atoms with Crippen LogP contribution in [0.5, 0.6) is 0 Å². The Morgan fingerprint density at radius 3 is 2.42 bits per heavy atom. The maximum Gasteiger partial charge on any atom is 0.255 e. The van der Waals surface area contributed by atoms with Gasteiger partial charge in [0.1, 0.15) is 6.04 Å². The largest absolute Gasteiger partial charge is 0.322 e. The van der Waals surface area contributed by atoms with E-state index in [0.29, 0.717) is 18.5 Å². The highest BCUT2D eigenvalue weighted by Crippen LogP contribution is 2.32. The SMILES string of the molecule is O=C1CCC(N2Cc3ccc(CN4CCC(C5CCNCC5)CC4)cc3C2=O)C(=O)N1. The van der Waals surface area contributed by atoms with Crippen molar-refractivity contribution in [2.75, 3.05) is 26.2 Å². The Bertz CT molecular complexity index is 872. The van der Waals surface area contributed by atoms with E-state index in [1.54, 1.807) is 4.90 Å². The smallest absolute Gasteiger partial charge is 0.255 e. The summed E-state index contributed by atoms with van der Waals surface area (Å²) in [7, 11) is 0. The number of nitrogens with zero attached hydrogens (tertiary/aromatic N) is 2. The molecule has 0 radical (unpaired) electrons. The fraction of sp³-hybridized carbons (Fsp3) is 0.625. The van der Waals surface area contributed by atoms with Gasteiger partial charge in [-0.25, -0.2) is 0 Å². The van der Waals surface area contributed by atoms with Crippen molar-refractivity contribution in [3.8, 4) is 0 Å². The minimum atomic E-state index is -0.546. The van der Waals surface area contributed by atoms with Crippen LogP contribution in [0.2, 0.25) is 0 Å². The lowest BCUT2D eigenvalue weighted by atomic mass is 9.79. The summed E-state index contributed by atoms with van der Waals surface area (Å²) in [6, 6.07) is 5.63. The van der Waals surface area contributed by atoms with Gasteiger partial charge in [0.05, 0.1) is 0 Å². The number of hydrogen-bond acceptors (Lipinski definition) is 5. The molecular formula is C24H32N4O3. The van der Waals surface area contributed by atoms with Crippen LogP contribution in [0.1, 0.15) is 60.0 Å². The molecule has 31 heavy (non-hydrogen) atoms. The molecule has 3 amide bonds. The van der Waals surface area contributed by atoms with Gasteiger partial charge in [0.15, 0.2) is 0 Å². The molecule has 4 heterocycles. The highest BCUT2D eigenvalue weighted by molar-refractivity contribution is 6.05. The minimum Gasteiger partial charge on any atom is -0.322 e. The van der Waals surface area contributed by atoms with Gasteiger partial charge >= 0.3 is 0 Å². The van der Waals surface area contributed by atoms with E-state index in [2.05, 4.69) is 21.6 Å². The molecule has 5 rings (SSSR count). The maximum atomic E-state index is 13.0. The lowest BCUT2D eigenvalue weighted by Gasteiger charge is -2.37. The predicted octanol–water partition coefficient (Wildman–Crippen LogP) is 1.66. The molecule has 4 aliphatic heterocycles. The topological polar surface area (TPSA) is 81.8 Å². The third-order valence-electron chi connectivity index (χ3n) is 7.68. The molecule has 1 atom stereocenters. The monoisotopic (exact) mass is 424 g/mol. The summed E-state index contributed by atoms with van der Waals surface area (Å²) in [6.07, 6.45) is 5.89. The van der Waals surface area contributed by atoms with Gasteiger partial charge in [-0.1, -0.05) is 12.1 Å². The summed E-state index contributed by atoms with van der Waals surface area (Å²) in [4.78, 5) is 40.8. The van der Waals surface area contributed by atoms with E-state index in [4.69, 9.17) is 0 Å². The van der Waals surface area contributed by atoms with Crippen LogP contribution in [0.15, 0.2) is 18.2 Å². The maximum absolute atomic E-state index is 13.0. The summed E-state index contributed by atoms with van der Waals surface area (Å²) < 4.78 is 0. The molecule has 0 saturated carbocycles. The van der Waals surface area contributed by atoms with E-state index >= 15 is 0 Å². The van der Waals surface area contributed by atoms with E-state index in [0.717, 1.165) is 42.6 Å². The second kappa shape index (κ2) is 8.71. The Labute approximate surface area is 183 Å². The third kappa shape index (κ3) is 4.26. The van der Waals surface area contributed by atoms with Gasteiger partial charge in [-0.2, -0.15) is 0 Å². The molecule has 0 aromatic heterocycles. The van der Waals surface area contributed by atoms with Crippen molar-refractivity contribution >= 4 is 17.7 Å². The Hall–Kier alpha value is -2.25. The molecule has 3 fully saturated rings. The van der Waals surface area contributed by atoms with Crippen molar-refractivity contribution in [3.63, 3.8) is 0 Å². The first kappa shape index (κ1) is 20.6. The van der Waals surface area contributed by atoms with Gasteiger partial charge < -0.3 is 10.2 Å². The molecule has 0 aliphatic carbocycles. The summed E-state index contributed by atoms with van der Waals surface area (Å²) in [6.45, 7) is 5.91. The van der Waals surface area contributed by atoms with Crippen LogP contribution >= 0.6 is 0 Å². The Kier molecular flexibility index (Phi) is 5.80. The van der Waals surface area contributed by atoms with E-state index in [1.807, 2.05) is 12.1 Å². The zero-order valence-corrected chi connectivity index (χ0v) is 18.1. The van der Waals surface area contributed by atoms with Crippen molar-refractivity contribution in [1.82, 2.24) is 20.4 Å². The first-order valence-corrected chi connectivity index (χ1v) is 11.8. The van der Waals surface area contributed by atoms with Crippen LogP contribution < -0.4 is 10.6 Å². The van der Waals surface area contributed by atoms with E-state index in [9.17, 15) is 14.4 Å². The zero-order valence-electron chi connectivity index (χ0n) is 18.1. The number of imide groups is 1. The van der Waals surface area contributed by atoms with Gasteiger partial charge in [0, 0.05) is 25.1 Å². The highest BCUT2D eigenvalue weighted by Gasteiger charge is 2.39. The number of carbonyl (C=O) groups is 3. The third-order valence-corrected chi connectivity index (χ3v) is 7.68. The number of benzene rings is 1. The molecule has 7 nitrogen and oxygen atoms in total. The average molecular weight is 425 g/mol. The number of likely N-dealkylation sites (tertiary alicyclic amines) is 1. The molecule has 1 aromatic rings. The number of fused-ring (bicyclic) bond motifs is 1. The predicted molar refractivity (Wildman–Crippen MR) is 116 cm³/mol. The van der Waals surface area contributed by atoms with Crippen LogP contribution in [0.3, 0.4) is 0 Å². The molecule has 7 heteroatoms. The Morgan fingerprint density at radius 1 is 0.935 bits per heavy atom. The molecule has 4 aliphatic rings. The Balaban J connectivity index is 1.19. The molecule has 0 bridgehead atoms. The van der Waals surface area contributed by atoms with Crippen LogP contribution in [-0.2, 0) is 22.7 Å². The first-order valence-electron chi connectivity index (χ1n) is 11.8. The number of amides is 3. The molecule has 1 aromatic carbocycles. The van der Waals surface area contributed by atoms with E-state index < -0.39 is 6.04 Å². The lowest BCUT2D eigenvalue weighted by molar-refractivity contribution is -0.136. The molecule has 1 unspecified atom stereocenters. The highest BCUT2D eigenvalue weighted by atomic mass is 16.2. The van der Waals surface area contributed by atoms with Crippen molar-refractivity contribution in [2.24, 2.45) is 11.8 Å². The van der Waals surface area contributed by atoms with Crippen molar-refractivity contribution < 1.29 is 14.4 Å². The van der Waals surface area contributed by atoms with Crippen molar-refractivity contribution in [2.45, 2.75) is 57.7 Å². The Morgan fingerprint density at radius 2 is 1.68 bits per heavy atom. The minimum absolute atomic E-state index is 0.0871. The van der Waals surface area contributed by atoms with Gasteiger partial charge in [-0.05, 0) is 87.3 Å². The fourth-order valence-corrected chi connectivity index (χ4v) is 5.86. The van der Waals surface area contributed by atoms with Gasteiger partial charge in [0.2, 0.25) is 11.8 Å². The quantitative estimate of drug-likeness (QED) is 0.719. The molecule has 0 spiro atoms. The van der Waals surface area contributed by atoms with Gasteiger partial charge in [-0.15, -0.1) is 0 Å². The fourth-order valence-electron chi connectivity index (χ4n) is 5.86. The van der Waals surface area contributed by atoms with Crippen LogP contribution in [0, 0.1) is 11.8 Å². The zero-order chi connectivity index (χ0) is 21.4. The molecule has 166 valence electrons. The lowest BCUT2D eigenvalue weighted by Crippen LogP contribution is -2.52. The first-order chi connectivity index (χ1) is 15.1. The van der Waals surface area contributed by atoms with Crippen molar-refractivity contribution in [1.29, 1.82) is 0 Å². The number of nitrogens with one attached hydrogen (secondary N) is 2. The number of rotatable bonds is 4. The molecule has 2 N–H and O–H groups in total. The number of carbonyl (C=O) groups excluding carboxylic acids is 3. The molecular weight excluding hydrogens is 392 g/mol. The summed E-state index contributed by atoms with van der Waals surface area (Å²) >= 11 is 0. The number of piperidine rings is 3. The number of hydrogen-bond donors (Lipinski definition) is 2.